The summed E-state index contributed by atoms with van der Waals surface area (Å²) >= 11 is 7.14. The zero-order chi connectivity index (χ0) is 11.7. The van der Waals surface area contributed by atoms with E-state index in [1.807, 2.05) is 0 Å². The molecule has 0 bridgehead atoms. The average Bonchev–Trinajstić information content (AvgIpc) is 3.10. The highest BCUT2D eigenvalue weighted by molar-refractivity contribution is 6.23. The first-order chi connectivity index (χ1) is 8.32. The predicted octanol–water partition coefficient (Wildman–Crippen LogP) is 2.12. The van der Waals surface area contributed by atoms with Gasteiger partial charge in [-0.25, -0.2) is 0 Å². The fraction of sp³-hybridized carbons (Fsp3) is 1.00. The van der Waals surface area contributed by atoms with Crippen LogP contribution in [-0.2, 0) is 0 Å². The SMILES string of the molecule is ClC(N1CCCC1)(N1CCCC1)N1CCCC1. The molecule has 0 aromatic rings. The van der Waals surface area contributed by atoms with E-state index in [1.54, 1.807) is 0 Å². The molecule has 3 rings (SSSR count). The van der Waals surface area contributed by atoms with Gasteiger partial charge in [-0.05, 0) is 38.5 Å². The largest absolute Gasteiger partial charge is 0.260 e. The van der Waals surface area contributed by atoms with Gasteiger partial charge in [0.25, 0.3) is 0 Å². The third kappa shape index (κ3) is 2.12. The Morgan fingerprint density at radius 1 is 0.529 bits per heavy atom. The van der Waals surface area contributed by atoms with Crippen molar-refractivity contribution in [1.29, 1.82) is 0 Å². The van der Waals surface area contributed by atoms with Crippen LogP contribution in [0.1, 0.15) is 38.5 Å². The summed E-state index contributed by atoms with van der Waals surface area (Å²) in [7, 11) is 0. The lowest BCUT2D eigenvalue weighted by Crippen LogP contribution is -2.64. The molecule has 0 saturated carbocycles. The Balaban J connectivity index is 1.81. The van der Waals surface area contributed by atoms with Crippen LogP contribution in [0, 0.1) is 0 Å². The van der Waals surface area contributed by atoms with E-state index in [9.17, 15) is 0 Å². The van der Waals surface area contributed by atoms with E-state index in [0.717, 1.165) is 0 Å². The number of alkyl halides is 1. The normalized spacial score (nSPS) is 29.5. The fourth-order valence-electron chi connectivity index (χ4n) is 3.60. The first kappa shape index (κ1) is 12.2. The molecule has 0 aromatic carbocycles. The molecule has 3 aliphatic heterocycles. The maximum atomic E-state index is 7.14. The minimum absolute atomic E-state index is 0.288. The zero-order valence-corrected chi connectivity index (χ0v) is 11.5. The highest BCUT2D eigenvalue weighted by Gasteiger charge is 2.48. The molecule has 4 heteroatoms. The maximum Gasteiger partial charge on any atom is 0.210 e. The van der Waals surface area contributed by atoms with E-state index in [-0.39, 0.29) is 5.25 Å². The molecule has 3 nitrogen and oxygen atoms in total. The topological polar surface area (TPSA) is 9.72 Å². The Hall–Kier alpha value is 0.170. The molecule has 0 amide bonds. The van der Waals surface area contributed by atoms with Crippen LogP contribution in [-0.4, -0.2) is 59.2 Å². The van der Waals surface area contributed by atoms with Crippen molar-refractivity contribution in [2.24, 2.45) is 0 Å². The van der Waals surface area contributed by atoms with E-state index < -0.39 is 0 Å². The first-order valence-electron chi connectivity index (χ1n) is 7.26. The molecule has 3 aliphatic rings. The second kappa shape index (κ2) is 5.04. The minimum Gasteiger partial charge on any atom is -0.260 e. The van der Waals surface area contributed by atoms with Gasteiger partial charge in [0, 0.05) is 39.3 Å². The molecule has 3 fully saturated rings. The summed E-state index contributed by atoms with van der Waals surface area (Å²) in [5.74, 6) is 0. The molecule has 3 heterocycles. The van der Waals surface area contributed by atoms with Gasteiger partial charge in [-0.15, -0.1) is 0 Å². The van der Waals surface area contributed by atoms with Crippen LogP contribution in [0.5, 0.6) is 0 Å². The van der Waals surface area contributed by atoms with Gasteiger partial charge >= 0.3 is 0 Å². The van der Waals surface area contributed by atoms with Gasteiger partial charge in [0.1, 0.15) is 0 Å². The van der Waals surface area contributed by atoms with Crippen molar-refractivity contribution < 1.29 is 0 Å². The van der Waals surface area contributed by atoms with E-state index in [4.69, 9.17) is 11.6 Å². The quantitative estimate of drug-likeness (QED) is 0.567. The van der Waals surface area contributed by atoms with Gasteiger partial charge in [-0.1, -0.05) is 11.6 Å². The summed E-state index contributed by atoms with van der Waals surface area (Å²) in [6, 6.07) is 0. The van der Waals surface area contributed by atoms with Crippen molar-refractivity contribution in [3.05, 3.63) is 0 Å². The molecule has 0 N–H and O–H groups in total. The molecule has 0 atom stereocenters. The van der Waals surface area contributed by atoms with Crippen LogP contribution in [0.25, 0.3) is 0 Å². The van der Waals surface area contributed by atoms with Crippen molar-refractivity contribution >= 4 is 11.6 Å². The second-order valence-electron chi connectivity index (χ2n) is 5.64. The summed E-state index contributed by atoms with van der Waals surface area (Å²) < 4.78 is 0. The molecular formula is C13H24ClN3. The van der Waals surface area contributed by atoms with Crippen LogP contribution in [0.3, 0.4) is 0 Å². The average molecular weight is 258 g/mol. The Morgan fingerprint density at radius 3 is 1.00 bits per heavy atom. The standard InChI is InChI=1S/C13H24ClN3/c14-13(15-7-1-2-8-15,16-9-3-4-10-16)17-11-5-6-12-17/h1-12H2. The minimum atomic E-state index is -0.288. The Labute approximate surface area is 110 Å². The van der Waals surface area contributed by atoms with Crippen LogP contribution >= 0.6 is 11.6 Å². The van der Waals surface area contributed by atoms with Gasteiger partial charge in [0.2, 0.25) is 5.25 Å². The summed E-state index contributed by atoms with van der Waals surface area (Å²) in [6.07, 6.45) is 7.89. The van der Waals surface area contributed by atoms with Crippen molar-refractivity contribution in [2.45, 2.75) is 43.8 Å². The van der Waals surface area contributed by atoms with Gasteiger partial charge in [0.05, 0.1) is 0 Å². The summed E-state index contributed by atoms with van der Waals surface area (Å²) in [4.78, 5) is 7.56. The third-order valence-electron chi connectivity index (χ3n) is 4.53. The van der Waals surface area contributed by atoms with Crippen LogP contribution in [0.15, 0.2) is 0 Å². The molecule has 0 spiro atoms. The molecule has 0 aliphatic carbocycles. The molecule has 0 unspecified atom stereocenters. The third-order valence-corrected chi connectivity index (χ3v) is 5.24. The molecule has 0 radical (unpaired) electrons. The number of rotatable bonds is 3. The molecular weight excluding hydrogens is 234 g/mol. The van der Waals surface area contributed by atoms with Crippen LogP contribution in [0.2, 0.25) is 0 Å². The predicted molar refractivity (Wildman–Crippen MR) is 71.0 cm³/mol. The number of nitrogens with zero attached hydrogens (tertiary/aromatic N) is 3. The number of halogens is 1. The lowest BCUT2D eigenvalue weighted by atomic mass is 10.4. The highest BCUT2D eigenvalue weighted by Crippen LogP contribution is 2.37. The van der Waals surface area contributed by atoms with Crippen molar-refractivity contribution in [3.8, 4) is 0 Å². The second-order valence-corrected chi connectivity index (χ2v) is 6.14. The Bertz CT molecular complexity index is 213. The Morgan fingerprint density at radius 2 is 0.765 bits per heavy atom. The van der Waals surface area contributed by atoms with Crippen LogP contribution in [0.4, 0.5) is 0 Å². The zero-order valence-electron chi connectivity index (χ0n) is 10.7. The summed E-state index contributed by atoms with van der Waals surface area (Å²) in [6.45, 7) is 7.06. The van der Waals surface area contributed by atoms with E-state index in [0.29, 0.717) is 0 Å². The number of hydrogen-bond donors (Lipinski definition) is 0. The maximum absolute atomic E-state index is 7.14. The first-order valence-corrected chi connectivity index (χ1v) is 7.64. The fourth-order valence-corrected chi connectivity index (χ4v) is 4.11. The highest BCUT2D eigenvalue weighted by atomic mass is 35.5. The smallest absolute Gasteiger partial charge is 0.210 e. The molecule has 17 heavy (non-hydrogen) atoms. The van der Waals surface area contributed by atoms with E-state index >= 15 is 0 Å². The lowest BCUT2D eigenvalue weighted by molar-refractivity contribution is -0.0783. The molecule has 3 saturated heterocycles. The Kier molecular flexibility index (Phi) is 3.62. The summed E-state index contributed by atoms with van der Waals surface area (Å²) in [5.41, 5.74) is 0. The molecule has 0 aromatic heterocycles. The summed E-state index contributed by atoms with van der Waals surface area (Å²) in [5, 5.41) is -0.288. The van der Waals surface area contributed by atoms with Crippen molar-refractivity contribution in [3.63, 3.8) is 0 Å². The lowest BCUT2D eigenvalue weighted by Gasteiger charge is -2.48. The van der Waals surface area contributed by atoms with Gasteiger partial charge in [-0.2, -0.15) is 0 Å². The van der Waals surface area contributed by atoms with Crippen molar-refractivity contribution in [1.82, 2.24) is 14.7 Å². The van der Waals surface area contributed by atoms with Gasteiger partial charge in [0.15, 0.2) is 0 Å². The number of likely N-dealkylation sites (tertiary alicyclic amines) is 3. The van der Waals surface area contributed by atoms with E-state index in [2.05, 4.69) is 14.7 Å². The van der Waals surface area contributed by atoms with E-state index in [1.165, 1.54) is 77.8 Å². The van der Waals surface area contributed by atoms with Crippen molar-refractivity contribution in [2.75, 3.05) is 39.3 Å². The van der Waals surface area contributed by atoms with Crippen LogP contribution < -0.4 is 0 Å². The number of hydrogen-bond acceptors (Lipinski definition) is 3. The van der Waals surface area contributed by atoms with Gasteiger partial charge in [-0.3, -0.25) is 14.7 Å². The van der Waals surface area contributed by atoms with Gasteiger partial charge < -0.3 is 0 Å². The molecule has 98 valence electrons. The monoisotopic (exact) mass is 257 g/mol.